The van der Waals surface area contributed by atoms with E-state index in [0.29, 0.717) is 45.3 Å². The van der Waals surface area contributed by atoms with Crippen LogP contribution in [-0.2, 0) is 9.53 Å². The number of rotatable bonds is 10. The second kappa shape index (κ2) is 15.0. The molecule has 0 spiro atoms. The highest BCUT2D eigenvalue weighted by molar-refractivity contribution is 14.0. The summed E-state index contributed by atoms with van der Waals surface area (Å²) in [6.45, 7) is 6.38. The summed E-state index contributed by atoms with van der Waals surface area (Å²) in [5.74, 6) is 0.672. The molecule has 0 atom stereocenters. The van der Waals surface area contributed by atoms with Crippen LogP contribution in [-0.4, -0.2) is 119 Å². The van der Waals surface area contributed by atoms with Gasteiger partial charge in [-0.3, -0.25) is 19.6 Å². The van der Waals surface area contributed by atoms with E-state index in [2.05, 4.69) is 25.4 Å². The van der Waals surface area contributed by atoms with Crippen molar-refractivity contribution in [3.63, 3.8) is 0 Å². The van der Waals surface area contributed by atoms with Crippen molar-refractivity contribution in [1.82, 2.24) is 25.3 Å². The molecule has 0 aromatic heterocycles. The van der Waals surface area contributed by atoms with Crippen LogP contribution in [0.5, 0.6) is 0 Å². The highest BCUT2D eigenvalue weighted by Crippen LogP contribution is 2.15. The lowest BCUT2D eigenvalue weighted by atomic mass is 10.3. The van der Waals surface area contributed by atoms with E-state index in [1.54, 1.807) is 7.11 Å². The number of methoxy groups -OCH3 is 1. The average molecular weight is 538 g/mol. The molecule has 0 unspecified atom stereocenters. The minimum Gasteiger partial charge on any atom is -0.383 e. The van der Waals surface area contributed by atoms with E-state index in [1.807, 2.05) is 6.92 Å². The second-order valence-electron chi connectivity index (χ2n) is 6.69. The maximum absolute atomic E-state index is 12.4. The standard InChI is InChI=1S/C17H33F3N6O2.HI/c1-4-21-16(23-5-7-24(2)14-17(18,19)20)26-10-8-25(9-11-26)13-15(27)22-6-12-28-3;/h4-14H2,1-3H3,(H,21,23)(H,22,27);1H. The number of alkyl halides is 3. The number of carbonyl (C=O) groups excluding carboxylic acids is 1. The van der Waals surface area contributed by atoms with Gasteiger partial charge in [0.2, 0.25) is 5.91 Å². The van der Waals surface area contributed by atoms with Crippen molar-refractivity contribution in [2.45, 2.75) is 13.1 Å². The molecule has 1 amide bonds. The molecule has 0 bridgehead atoms. The van der Waals surface area contributed by atoms with Crippen LogP contribution < -0.4 is 10.6 Å². The first-order valence-electron chi connectivity index (χ1n) is 9.51. The fourth-order valence-corrected chi connectivity index (χ4v) is 2.81. The van der Waals surface area contributed by atoms with Gasteiger partial charge in [0.25, 0.3) is 0 Å². The molecule has 0 radical (unpaired) electrons. The molecule has 172 valence electrons. The fraction of sp³-hybridized carbons (Fsp3) is 0.882. The van der Waals surface area contributed by atoms with Crippen LogP contribution in [0.1, 0.15) is 6.92 Å². The molecule has 1 aliphatic rings. The van der Waals surface area contributed by atoms with E-state index in [1.165, 1.54) is 11.9 Å². The SMILES string of the molecule is CCNC(=NCCN(C)CC(F)(F)F)N1CCN(CC(=O)NCCOC)CC1.I. The van der Waals surface area contributed by atoms with Crippen molar-refractivity contribution in [2.75, 3.05) is 86.2 Å². The molecule has 0 aromatic carbocycles. The summed E-state index contributed by atoms with van der Waals surface area (Å²) < 4.78 is 42.0. The van der Waals surface area contributed by atoms with Gasteiger partial charge in [0.05, 0.1) is 26.2 Å². The number of amides is 1. The quantitative estimate of drug-likeness (QED) is 0.182. The zero-order valence-electron chi connectivity index (χ0n) is 17.4. The predicted molar refractivity (Wildman–Crippen MR) is 118 cm³/mol. The number of likely N-dealkylation sites (N-methyl/N-ethyl adjacent to an activating group) is 1. The number of piperazine rings is 1. The molecule has 29 heavy (non-hydrogen) atoms. The summed E-state index contributed by atoms with van der Waals surface area (Å²) >= 11 is 0. The van der Waals surface area contributed by atoms with Crippen molar-refractivity contribution in [1.29, 1.82) is 0 Å². The first-order valence-corrected chi connectivity index (χ1v) is 9.51. The Morgan fingerprint density at radius 2 is 1.86 bits per heavy atom. The topological polar surface area (TPSA) is 72.4 Å². The zero-order valence-corrected chi connectivity index (χ0v) is 19.8. The van der Waals surface area contributed by atoms with E-state index in [-0.39, 0.29) is 43.0 Å². The van der Waals surface area contributed by atoms with Crippen LogP contribution in [0.4, 0.5) is 13.2 Å². The largest absolute Gasteiger partial charge is 0.401 e. The maximum atomic E-state index is 12.4. The Morgan fingerprint density at radius 1 is 1.21 bits per heavy atom. The molecule has 0 aromatic rings. The molecule has 1 aliphatic heterocycles. The van der Waals surface area contributed by atoms with E-state index >= 15 is 0 Å². The smallest absolute Gasteiger partial charge is 0.383 e. The highest BCUT2D eigenvalue weighted by atomic mass is 127. The number of aliphatic imine (C=N–C) groups is 1. The number of nitrogens with zero attached hydrogens (tertiary/aromatic N) is 4. The van der Waals surface area contributed by atoms with Gasteiger partial charge in [-0.2, -0.15) is 13.2 Å². The molecule has 12 heteroatoms. The highest BCUT2D eigenvalue weighted by Gasteiger charge is 2.29. The van der Waals surface area contributed by atoms with Crippen LogP contribution in [0.15, 0.2) is 4.99 Å². The van der Waals surface area contributed by atoms with E-state index < -0.39 is 12.7 Å². The van der Waals surface area contributed by atoms with Crippen molar-refractivity contribution in [3.8, 4) is 0 Å². The number of guanidine groups is 1. The Bertz CT molecular complexity index is 488. The number of hydrogen-bond donors (Lipinski definition) is 2. The van der Waals surface area contributed by atoms with E-state index in [4.69, 9.17) is 4.74 Å². The van der Waals surface area contributed by atoms with Gasteiger partial charge >= 0.3 is 6.18 Å². The summed E-state index contributed by atoms with van der Waals surface area (Å²) in [5.41, 5.74) is 0. The summed E-state index contributed by atoms with van der Waals surface area (Å²) in [7, 11) is 3.02. The van der Waals surface area contributed by atoms with Gasteiger partial charge in [0.15, 0.2) is 5.96 Å². The van der Waals surface area contributed by atoms with Gasteiger partial charge in [-0.1, -0.05) is 0 Å². The molecule has 8 nitrogen and oxygen atoms in total. The van der Waals surface area contributed by atoms with E-state index in [0.717, 1.165) is 13.1 Å². The molecule has 1 saturated heterocycles. The number of halogens is 4. The Morgan fingerprint density at radius 3 is 2.41 bits per heavy atom. The lowest BCUT2D eigenvalue weighted by molar-refractivity contribution is -0.142. The monoisotopic (exact) mass is 538 g/mol. The summed E-state index contributed by atoms with van der Waals surface area (Å²) in [4.78, 5) is 21.7. The minimum atomic E-state index is -4.20. The van der Waals surface area contributed by atoms with Crippen molar-refractivity contribution in [2.24, 2.45) is 4.99 Å². The van der Waals surface area contributed by atoms with Crippen molar-refractivity contribution >= 4 is 35.8 Å². The van der Waals surface area contributed by atoms with Gasteiger partial charge in [-0.15, -0.1) is 24.0 Å². The van der Waals surface area contributed by atoms with Crippen LogP contribution >= 0.6 is 24.0 Å². The fourth-order valence-electron chi connectivity index (χ4n) is 2.81. The summed E-state index contributed by atoms with van der Waals surface area (Å²) in [6, 6.07) is 0. The van der Waals surface area contributed by atoms with Gasteiger partial charge in [0, 0.05) is 52.9 Å². The Labute approximate surface area is 188 Å². The Balaban J connectivity index is 0.00000784. The van der Waals surface area contributed by atoms with Crippen LogP contribution in [0.2, 0.25) is 0 Å². The predicted octanol–water partition coefficient (Wildman–Crippen LogP) is 0.444. The van der Waals surface area contributed by atoms with Crippen LogP contribution in [0.3, 0.4) is 0 Å². The lowest BCUT2D eigenvalue weighted by Crippen LogP contribution is -2.54. The van der Waals surface area contributed by atoms with Gasteiger partial charge < -0.3 is 20.3 Å². The van der Waals surface area contributed by atoms with Crippen molar-refractivity contribution in [3.05, 3.63) is 0 Å². The molecular weight excluding hydrogens is 504 g/mol. The Kier molecular flexibility index (Phi) is 14.6. The first-order chi connectivity index (χ1) is 13.2. The molecule has 2 N–H and O–H groups in total. The average Bonchev–Trinajstić information content (AvgIpc) is 2.60. The number of nitrogens with one attached hydrogen (secondary N) is 2. The molecule has 1 heterocycles. The maximum Gasteiger partial charge on any atom is 0.401 e. The Hall–Kier alpha value is -0.860. The van der Waals surface area contributed by atoms with Gasteiger partial charge in [0.1, 0.15) is 0 Å². The molecule has 0 aliphatic carbocycles. The third-order valence-electron chi connectivity index (χ3n) is 4.19. The number of hydrogen-bond acceptors (Lipinski definition) is 5. The second-order valence-corrected chi connectivity index (χ2v) is 6.69. The van der Waals surface area contributed by atoms with Crippen LogP contribution in [0.25, 0.3) is 0 Å². The van der Waals surface area contributed by atoms with E-state index in [9.17, 15) is 18.0 Å². The summed E-state index contributed by atoms with van der Waals surface area (Å²) in [5, 5.41) is 5.99. The zero-order chi connectivity index (χ0) is 21.0. The summed E-state index contributed by atoms with van der Waals surface area (Å²) in [6.07, 6.45) is -4.20. The lowest BCUT2D eigenvalue weighted by Gasteiger charge is -2.36. The third-order valence-corrected chi connectivity index (χ3v) is 4.19. The normalized spacial score (nSPS) is 16.0. The molecular formula is C17H34F3IN6O2. The minimum absolute atomic E-state index is 0. The molecule has 1 rings (SSSR count). The van der Waals surface area contributed by atoms with Crippen LogP contribution in [0, 0.1) is 0 Å². The van der Waals surface area contributed by atoms with Gasteiger partial charge in [-0.05, 0) is 14.0 Å². The number of carbonyl (C=O) groups is 1. The van der Waals surface area contributed by atoms with Crippen molar-refractivity contribution < 1.29 is 22.7 Å². The third kappa shape index (κ3) is 13.1. The number of ether oxygens (including phenoxy) is 1. The first kappa shape index (κ1) is 28.1. The van der Waals surface area contributed by atoms with Gasteiger partial charge in [-0.25, -0.2) is 0 Å². The molecule has 0 saturated carbocycles. The molecule has 1 fully saturated rings.